The minimum absolute atomic E-state index is 0.0513. The predicted octanol–water partition coefficient (Wildman–Crippen LogP) is 3.00. The normalized spacial score (nSPS) is 11.2. The summed E-state index contributed by atoms with van der Waals surface area (Å²) in [5, 5.41) is 7.59. The van der Waals surface area contributed by atoms with E-state index in [-0.39, 0.29) is 15.8 Å². The predicted molar refractivity (Wildman–Crippen MR) is 84.9 cm³/mol. The topological polar surface area (TPSA) is 89.3 Å². The van der Waals surface area contributed by atoms with E-state index < -0.39 is 10.0 Å². The van der Waals surface area contributed by atoms with E-state index in [9.17, 15) is 13.2 Å². The quantitative estimate of drug-likeness (QED) is 0.845. The molecule has 0 fully saturated rings. The Hall–Kier alpha value is -1.41. The lowest BCUT2D eigenvalue weighted by atomic mass is 10.2. The minimum Gasteiger partial charge on any atom is -0.322 e. The summed E-state index contributed by atoms with van der Waals surface area (Å²) in [5.74, 6) is -0.337. The Morgan fingerprint density at radius 1 is 1.19 bits per heavy atom. The Morgan fingerprint density at radius 2 is 1.90 bits per heavy atom. The van der Waals surface area contributed by atoms with Crippen LogP contribution in [0, 0.1) is 0 Å². The number of nitrogens with two attached hydrogens (primary N) is 1. The van der Waals surface area contributed by atoms with Crippen LogP contribution < -0.4 is 10.5 Å². The summed E-state index contributed by atoms with van der Waals surface area (Å²) in [6.07, 6.45) is 0. The zero-order valence-corrected chi connectivity index (χ0v) is 13.7. The van der Waals surface area contributed by atoms with E-state index in [2.05, 4.69) is 21.2 Å². The minimum atomic E-state index is -3.89. The molecular weight excluding hydrogens is 380 g/mol. The highest BCUT2D eigenvalue weighted by Gasteiger charge is 2.14. The third-order valence-corrected chi connectivity index (χ3v) is 4.47. The van der Waals surface area contributed by atoms with Gasteiger partial charge in [0.2, 0.25) is 10.0 Å². The van der Waals surface area contributed by atoms with E-state index in [1.807, 2.05) is 0 Å². The van der Waals surface area contributed by atoms with Crippen LogP contribution in [0.15, 0.2) is 51.8 Å². The van der Waals surface area contributed by atoms with Gasteiger partial charge in [-0.3, -0.25) is 4.79 Å². The molecule has 1 amide bonds. The third-order valence-electron chi connectivity index (χ3n) is 2.58. The van der Waals surface area contributed by atoms with Crippen LogP contribution in [0.2, 0.25) is 5.02 Å². The summed E-state index contributed by atoms with van der Waals surface area (Å²) in [5.41, 5.74) is 0.827. The first-order valence-electron chi connectivity index (χ1n) is 5.66. The smallest absolute Gasteiger partial charge is 0.255 e. The fourth-order valence-corrected chi connectivity index (χ4v) is 3.13. The number of halogens is 2. The van der Waals surface area contributed by atoms with Crippen LogP contribution in [0.3, 0.4) is 0 Å². The standard InChI is InChI=1S/C13H10BrClN2O3S/c14-9-3-1-2-8(6-9)13(18)17-10-4-5-12(11(15)7-10)21(16,19)20/h1-7H,(H,17,18)(H2,16,19,20). The van der Waals surface area contributed by atoms with E-state index in [0.29, 0.717) is 11.3 Å². The lowest BCUT2D eigenvalue weighted by Gasteiger charge is -2.08. The average molecular weight is 390 g/mol. The number of hydrogen-bond acceptors (Lipinski definition) is 3. The summed E-state index contributed by atoms with van der Waals surface area (Å²) in [7, 11) is -3.89. The monoisotopic (exact) mass is 388 g/mol. The van der Waals surface area contributed by atoms with E-state index >= 15 is 0 Å². The van der Waals surface area contributed by atoms with Gasteiger partial charge >= 0.3 is 0 Å². The lowest BCUT2D eigenvalue weighted by Crippen LogP contribution is -2.14. The van der Waals surface area contributed by atoms with Crippen LogP contribution >= 0.6 is 27.5 Å². The fraction of sp³-hybridized carbons (Fsp3) is 0. The summed E-state index contributed by atoms with van der Waals surface area (Å²) in [4.78, 5) is 11.9. The third kappa shape index (κ3) is 4.04. The molecule has 0 saturated carbocycles. The molecule has 0 aliphatic rings. The maximum absolute atomic E-state index is 12.0. The first kappa shape index (κ1) is 16.0. The van der Waals surface area contributed by atoms with Crippen molar-refractivity contribution in [3.8, 4) is 0 Å². The van der Waals surface area contributed by atoms with Gasteiger partial charge in [-0.25, -0.2) is 13.6 Å². The van der Waals surface area contributed by atoms with Gasteiger partial charge in [-0.15, -0.1) is 0 Å². The van der Waals surface area contributed by atoms with E-state index in [4.69, 9.17) is 16.7 Å². The average Bonchev–Trinajstić information content (AvgIpc) is 2.37. The molecule has 0 bridgehead atoms. The molecule has 0 heterocycles. The molecule has 5 nitrogen and oxygen atoms in total. The van der Waals surface area contributed by atoms with Crippen LogP contribution in [0.1, 0.15) is 10.4 Å². The van der Waals surface area contributed by atoms with Gasteiger partial charge in [0.15, 0.2) is 0 Å². The van der Waals surface area contributed by atoms with Crippen molar-refractivity contribution >= 4 is 49.1 Å². The molecule has 2 rings (SSSR count). The number of nitrogens with one attached hydrogen (secondary N) is 1. The van der Waals surface area contributed by atoms with Crippen LogP contribution in [0.25, 0.3) is 0 Å². The lowest BCUT2D eigenvalue weighted by molar-refractivity contribution is 0.102. The number of primary sulfonamides is 1. The highest BCUT2D eigenvalue weighted by molar-refractivity contribution is 9.10. The number of anilines is 1. The second-order valence-electron chi connectivity index (χ2n) is 4.15. The molecule has 0 aromatic heterocycles. The van der Waals surface area contributed by atoms with Crippen molar-refractivity contribution in [1.29, 1.82) is 0 Å². The maximum atomic E-state index is 12.0. The van der Waals surface area contributed by atoms with E-state index in [1.54, 1.807) is 24.3 Å². The highest BCUT2D eigenvalue weighted by Crippen LogP contribution is 2.24. The molecule has 0 aliphatic carbocycles. The first-order valence-corrected chi connectivity index (χ1v) is 8.38. The molecule has 0 unspecified atom stereocenters. The number of amides is 1. The molecule has 110 valence electrons. The van der Waals surface area contributed by atoms with Gasteiger partial charge in [0.1, 0.15) is 4.90 Å². The summed E-state index contributed by atoms with van der Waals surface area (Å²) in [6, 6.07) is 10.8. The highest BCUT2D eigenvalue weighted by atomic mass is 79.9. The molecule has 2 aromatic rings. The Bertz CT molecular complexity index is 809. The maximum Gasteiger partial charge on any atom is 0.255 e. The molecule has 2 aromatic carbocycles. The first-order chi connectivity index (χ1) is 9.77. The summed E-state index contributed by atoms with van der Waals surface area (Å²) < 4.78 is 23.3. The largest absolute Gasteiger partial charge is 0.322 e. The second kappa shape index (κ2) is 6.15. The molecule has 0 spiro atoms. The van der Waals surface area contributed by atoms with Gasteiger partial charge in [0.05, 0.1) is 5.02 Å². The van der Waals surface area contributed by atoms with Gasteiger partial charge in [-0.2, -0.15) is 0 Å². The fourth-order valence-electron chi connectivity index (χ4n) is 1.64. The molecule has 8 heteroatoms. The zero-order chi connectivity index (χ0) is 15.6. The number of carbonyl (C=O) groups excluding carboxylic acids is 1. The number of benzene rings is 2. The Morgan fingerprint density at radius 3 is 2.48 bits per heavy atom. The molecule has 21 heavy (non-hydrogen) atoms. The van der Waals surface area contributed by atoms with Gasteiger partial charge in [-0.1, -0.05) is 33.6 Å². The number of rotatable bonds is 3. The van der Waals surface area contributed by atoms with Crippen molar-refractivity contribution in [2.75, 3.05) is 5.32 Å². The van der Waals surface area contributed by atoms with Crippen molar-refractivity contribution in [2.24, 2.45) is 5.14 Å². The van der Waals surface area contributed by atoms with Crippen molar-refractivity contribution in [2.45, 2.75) is 4.90 Å². The van der Waals surface area contributed by atoms with Gasteiger partial charge in [0, 0.05) is 15.7 Å². The van der Waals surface area contributed by atoms with Crippen LogP contribution in [-0.2, 0) is 10.0 Å². The Balaban J connectivity index is 2.25. The van der Waals surface area contributed by atoms with Crippen LogP contribution in [0.4, 0.5) is 5.69 Å². The number of sulfonamides is 1. The SMILES string of the molecule is NS(=O)(=O)c1ccc(NC(=O)c2cccc(Br)c2)cc1Cl. The van der Waals surface area contributed by atoms with E-state index in [0.717, 1.165) is 4.47 Å². The molecule has 0 saturated heterocycles. The Labute approximate surface area is 135 Å². The molecule has 0 atom stereocenters. The van der Waals surface area contributed by atoms with Crippen LogP contribution in [-0.4, -0.2) is 14.3 Å². The molecular formula is C13H10BrClN2O3S. The van der Waals surface area contributed by atoms with Gasteiger partial charge in [-0.05, 0) is 36.4 Å². The molecule has 0 aliphatic heterocycles. The second-order valence-corrected chi connectivity index (χ2v) is 7.01. The van der Waals surface area contributed by atoms with Crippen molar-refractivity contribution < 1.29 is 13.2 Å². The van der Waals surface area contributed by atoms with Crippen molar-refractivity contribution in [3.05, 3.63) is 57.5 Å². The molecule has 3 N–H and O–H groups in total. The van der Waals surface area contributed by atoms with E-state index in [1.165, 1.54) is 18.2 Å². The van der Waals surface area contributed by atoms with Gasteiger partial charge in [0.25, 0.3) is 5.91 Å². The number of carbonyl (C=O) groups is 1. The zero-order valence-electron chi connectivity index (χ0n) is 10.5. The molecule has 0 radical (unpaired) electrons. The van der Waals surface area contributed by atoms with Crippen molar-refractivity contribution in [3.63, 3.8) is 0 Å². The summed E-state index contributed by atoms with van der Waals surface area (Å²) >= 11 is 9.13. The number of hydrogen-bond donors (Lipinski definition) is 2. The van der Waals surface area contributed by atoms with Crippen molar-refractivity contribution in [1.82, 2.24) is 0 Å². The summed E-state index contributed by atoms with van der Waals surface area (Å²) in [6.45, 7) is 0. The van der Waals surface area contributed by atoms with Gasteiger partial charge < -0.3 is 5.32 Å². The van der Waals surface area contributed by atoms with Crippen LogP contribution in [0.5, 0.6) is 0 Å². The Kier molecular flexibility index (Phi) is 4.67.